The normalized spacial score (nSPS) is 8.95. The Morgan fingerprint density at radius 2 is 1.32 bits per heavy atom. The fourth-order valence-corrected chi connectivity index (χ4v) is 0.856. The highest BCUT2D eigenvalue weighted by molar-refractivity contribution is 5.81. The molecule has 0 aromatic rings. The molecule has 7 heteroatoms. The fourth-order valence-electron chi connectivity index (χ4n) is 0.856. The van der Waals surface area contributed by atoms with E-state index < -0.39 is 0 Å². The first-order chi connectivity index (χ1) is 10.6. The van der Waals surface area contributed by atoms with Gasteiger partial charge in [0.15, 0.2) is 0 Å². The minimum Gasteiger partial charge on any atom is -0.463 e. The van der Waals surface area contributed by atoms with Gasteiger partial charge in [0.05, 0.1) is 46.2 Å². The summed E-state index contributed by atoms with van der Waals surface area (Å²) in [5.74, 6) is -0.359. The highest BCUT2D eigenvalue weighted by atomic mass is 16.5. The Morgan fingerprint density at radius 3 is 1.50 bits per heavy atom. The molecule has 0 aliphatic carbocycles. The molecule has 0 aromatic heterocycles. The predicted molar refractivity (Wildman–Crippen MR) is 84.8 cm³/mol. The Balaban J connectivity index is -0.000000263. The molecule has 2 N–H and O–H groups in total. The maximum Gasteiger partial charge on any atom is 0.330 e. The van der Waals surface area contributed by atoms with E-state index in [0.717, 1.165) is 19.3 Å². The Labute approximate surface area is 133 Å². The van der Waals surface area contributed by atoms with Crippen molar-refractivity contribution in [3.63, 3.8) is 0 Å². The molecular weight excluding hydrogens is 292 g/mol. The van der Waals surface area contributed by atoms with Crippen LogP contribution >= 0.6 is 0 Å². The van der Waals surface area contributed by atoms with E-state index in [1.807, 2.05) is 13.8 Å². The van der Waals surface area contributed by atoms with E-state index in [2.05, 4.69) is 11.3 Å². The van der Waals surface area contributed by atoms with Crippen molar-refractivity contribution in [1.82, 2.24) is 0 Å². The van der Waals surface area contributed by atoms with Gasteiger partial charge >= 0.3 is 5.97 Å². The first-order valence-corrected chi connectivity index (χ1v) is 7.38. The minimum absolute atomic E-state index is 0.0417. The van der Waals surface area contributed by atoms with Crippen LogP contribution in [0.2, 0.25) is 0 Å². The van der Waals surface area contributed by atoms with Crippen molar-refractivity contribution in [3.05, 3.63) is 12.7 Å². The van der Waals surface area contributed by atoms with Crippen molar-refractivity contribution in [2.75, 3.05) is 59.5 Å². The molecule has 0 bridgehead atoms. The van der Waals surface area contributed by atoms with Gasteiger partial charge in [-0.3, -0.25) is 0 Å². The summed E-state index contributed by atoms with van der Waals surface area (Å²) in [6, 6.07) is 0. The molecule has 0 rings (SSSR count). The van der Waals surface area contributed by atoms with Gasteiger partial charge in [-0.2, -0.15) is 0 Å². The van der Waals surface area contributed by atoms with Crippen LogP contribution in [0, 0.1) is 0 Å². The molecule has 0 unspecified atom stereocenters. The lowest BCUT2D eigenvalue weighted by atomic mass is 10.6. The number of aliphatic hydroxyl groups is 2. The number of aliphatic hydroxyl groups excluding tert-OH is 2. The van der Waals surface area contributed by atoms with Crippen LogP contribution in [0.4, 0.5) is 0 Å². The highest BCUT2D eigenvalue weighted by Crippen LogP contribution is 1.76. The molecular formula is C15H32O7. The summed E-state index contributed by atoms with van der Waals surface area (Å²) >= 11 is 0. The molecule has 0 aromatic carbocycles. The van der Waals surface area contributed by atoms with Crippen molar-refractivity contribution in [3.8, 4) is 0 Å². The van der Waals surface area contributed by atoms with Gasteiger partial charge in [0.2, 0.25) is 0 Å². The van der Waals surface area contributed by atoms with E-state index in [1.165, 1.54) is 0 Å². The Bertz CT molecular complexity index is 200. The van der Waals surface area contributed by atoms with Crippen LogP contribution in [0.15, 0.2) is 12.7 Å². The number of rotatable bonds is 11. The van der Waals surface area contributed by atoms with Crippen LogP contribution in [0.5, 0.6) is 0 Å². The second kappa shape index (κ2) is 28.2. The van der Waals surface area contributed by atoms with Gasteiger partial charge in [-0.25, -0.2) is 4.79 Å². The molecule has 0 aliphatic heterocycles. The third-order valence-electron chi connectivity index (χ3n) is 1.70. The summed E-state index contributed by atoms with van der Waals surface area (Å²) in [5, 5.41) is 16.5. The number of hydrogen-bond donors (Lipinski definition) is 2. The lowest BCUT2D eigenvalue weighted by molar-refractivity contribution is -0.137. The molecule has 134 valence electrons. The highest BCUT2D eigenvalue weighted by Gasteiger charge is 1.87. The smallest absolute Gasteiger partial charge is 0.330 e. The predicted octanol–water partition coefficient (Wildman–Crippen LogP) is 0.782. The van der Waals surface area contributed by atoms with E-state index in [0.29, 0.717) is 33.0 Å². The van der Waals surface area contributed by atoms with Crippen molar-refractivity contribution < 1.29 is 34.0 Å². The van der Waals surface area contributed by atoms with Crippen LogP contribution in [-0.4, -0.2) is 75.6 Å². The Hall–Kier alpha value is -0.990. The first-order valence-electron chi connectivity index (χ1n) is 7.38. The van der Waals surface area contributed by atoms with E-state index in [4.69, 9.17) is 24.4 Å². The summed E-state index contributed by atoms with van der Waals surface area (Å²) in [5.41, 5.74) is 0. The SMILES string of the molecule is C=CC(=O)OCC.CCOCC.OCCOCCOCCO. The van der Waals surface area contributed by atoms with Gasteiger partial charge in [0.1, 0.15) is 0 Å². The van der Waals surface area contributed by atoms with Crippen LogP contribution in [0.25, 0.3) is 0 Å². The molecule has 0 atom stereocenters. The van der Waals surface area contributed by atoms with E-state index in [1.54, 1.807) is 6.92 Å². The molecule has 7 nitrogen and oxygen atoms in total. The zero-order valence-corrected chi connectivity index (χ0v) is 14.1. The quantitative estimate of drug-likeness (QED) is 0.329. The monoisotopic (exact) mass is 324 g/mol. The average molecular weight is 324 g/mol. The van der Waals surface area contributed by atoms with Gasteiger partial charge < -0.3 is 29.2 Å². The molecule has 0 spiro atoms. The van der Waals surface area contributed by atoms with Crippen molar-refractivity contribution in [2.24, 2.45) is 0 Å². The number of ether oxygens (including phenoxy) is 4. The number of hydrogen-bond acceptors (Lipinski definition) is 7. The fraction of sp³-hybridized carbons (Fsp3) is 0.800. The number of carbonyl (C=O) groups is 1. The van der Waals surface area contributed by atoms with Gasteiger partial charge in [0.25, 0.3) is 0 Å². The standard InChI is InChI=1S/C6H14O4.C5H8O2.C4H10O/c7-1-3-9-5-6-10-4-2-8;1-3-5(6)7-4-2;1-3-5-4-2/h7-8H,1-6H2;3H,1,4H2,2H3;3-4H2,1-2H3. The summed E-state index contributed by atoms with van der Waals surface area (Å²) in [6.45, 7) is 12.8. The van der Waals surface area contributed by atoms with Crippen LogP contribution < -0.4 is 0 Å². The molecule has 22 heavy (non-hydrogen) atoms. The molecule has 0 saturated carbocycles. The third kappa shape index (κ3) is 36.4. The largest absolute Gasteiger partial charge is 0.463 e. The molecule has 0 aliphatic rings. The van der Waals surface area contributed by atoms with Gasteiger partial charge in [0, 0.05) is 19.3 Å². The number of esters is 1. The third-order valence-corrected chi connectivity index (χ3v) is 1.70. The topological polar surface area (TPSA) is 94.5 Å². The van der Waals surface area contributed by atoms with Crippen LogP contribution in [-0.2, 0) is 23.7 Å². The van der Waals surface area contributed by atoms with Gasteiger partial charge in [-0.1, -0.05) is 6.58 Å². The average Bonchev–Trinajstić information content (AvgIpc) is 2.53. The minimum atomic E-state index is -0.359. The van der Waals surface area contributed by atoms with Crippen LogP contribution in [0.1, 0.15) is 20.8 Å². The lowest BCUT2D eigenvalue weighted by Crippen LogP contribution is -2.09. The Kier molecular flexibility index (Phi) is 33.3. The van der Waals surface area contributed by atoms with Crippen LogP contribution in [0.3, 0.4) is 0 Å². The second-order valence-electron chi connectivity index (χ2n) is 3.41. The van der Waals surface area contributed by atoms with Crippen molar-refractivity contribution >= 4 is 5.97 Å². The van der Waals surface area contributed by atoms with Gasteiger partial charge in [-0.05, 0) is 20.8 Å². The van der Waals surface area contributed by atoms with Crippen molar-refractivity contribution in [1.29, 1.82) is 0 Å². The van der Waals surface area contributed by atoms with Gasteiger partial charge in [-0.15, -0.1) is 0 Å². The summed E-state index contributed by atoms with van der Waals surface area (Å²) in [7, 11) is 0. The Morgan fingerprint density at radius 1 is 0.864 bits per heavy atom. The maximum absolute atomic E-state index is 10.1. The second-order valence-corrected chi connectivity index (χ2v) is 3.41. The zero-order valence-electron chi connectivity index (χ0n) is 14.1. The van der Waals surface area contributed by atoms with Crippen molar-refractivity contribution in [2.45, 2.75) is 20.8 Å². The molecule has 0 amide bonds. The molecule has 0 saturated heterocycles. The summed E-state index contributed by atoms with van der Waals surface area (Å²) in [4.78, 5) is 10.1. The number of carbonyl (C=O) groups excluding carboxylic acids is 1. The zero-order chi connectivity index (χ0) is 17.5. The molecule has 0 fully saturated rings. The first kappa shape index (κ1) is 25.9. The summed E-state index contributed by atoms with van der Waals surface area (Å²) in [6.07, 6.45) is 1.14. The van der Waals surface area contributed by atoms with E-state index in [-0.39, 0.29) is 19.2 Å². The maximum atomic E-state index is 10.1. The molecule has 0 radical (unpaired) electrons. The summed E-state index contributed by atoms with van der Waals surface area (Å²) < 4.78 is 19.0. The molecule has 0 heterocycles. The lowest BCUT2D eigenvalue weighted by Gasteiger charge is -2.01. The van der Waals surface area contributed by atoms with E-state index in [9.17, 15) is 4.79 Å². The van der Waals surface area contributed by atoms with E-state index >= 15 is 0 Å².